The van der Waals surface area contributed by atoms with Gasteiger partial charge in [-0.1, -0.05) is 27.5 Å². The number of halogens is 2. The van der Waals surface area contributed by atoms with Crippen molar-refractivity contribution < 1.29 is 0 Å². The summed E-state index contributed by atoms with van der Waals surface area (Å²) in [5.74, 6) is 1.35. The first-order valence-electron chi connectivity index (χ1n) is 7.02. The Morgan fingerprint density at radius 3 is 2.91 bits per heavy atom. The molecule has 5 nitrogen and oxygen atoms in total. The maximum Gasteiger partial charge on any atom is 0.225 e. The lowest BCUT2D eigenvalue weighted by molar-refractivity contribution is 0.338. The Labute approximate surface area is 141 Å². The van der Waals surface area contributed by atoms with Gasteiger partial charge < -0.3 is 4.90 Å². The van der Waals surface area contributed by atoms with Crippen LogP contribution in [0.1, 0.15) is 0 Å². The lowest BCUT2D eigenvalue weighted by Gasteiger charge is -2.39. The molecule has 3 heterocycles. The van der Waals surface area contributed by atoms with Gasteiger partial charge in [-0.15, -0.1) is 0 Å². The van der Waals surface area contributed by atoms with Crippen molar-refractivity contribution >= 4 is 44.4 Å². The standard InChI is InChI=1S/C15H13BrClN5/c16-12-1-2-14-11(3-12)4-18-15(20-14)21-6-10(7-21)8-22-9-13(17)5-19-22/h1-5,9-10H,6-8H2. The van der Waals surface area contributed by atoms with Crippen LogP contribution in [0.5, 0.6) is 0 Å². The molecule has 0 N–H and O–H groups in total. The highest BCUT2D eigenvalue weighted by molar-refractivity contribution is 9.10. The van der Waals surface area contributed by atoms with Crippen molar-refractivity contribution in [1.82, 2.24) is 19.7 Å². The zero-order valence-corrected chi connectivity index (χ0v) is 14.0. The van der Waals surface area contributed by atoms with Crippen LogP contribution in [0.3, 0.4) is 0 Å². The van der Waals surface area contributed by atoms with E-state index in [0.717, 1.165) is 41.0 Å². The highest BCUT2D eigenvalue weighted by Crippen LogP contribution is 2.25. The topological polar surface area (TPSA) is 46.8 Å². The Bertz CT molecular complexity index is 828. The van der Waals surface area contributed by atoms with Gasteiger partial charge in [0, 0.05) is 47.8 Å². The van der Waals surface area contributed by atoms with Crippen molar-refractivity contribution in [2.45, 2.75) is 6.54 Å². The quantitative estimate of drug-likeness (QED) is 0.701. The minimum Gasteiger partial charge on any atom is -0.340 e. The van der Waals surface area contributed by atoms with Crippen molar-refractivity contribution in [3.8, 4) is 0 Å². The predicted octanol–water partition coefficient (Wildman–Crippen LogP) is 3.38. The van der Waals surface area contributed by atoms with Gasteiger partial charge in [0.25, 0.3) is 0 Å². The summed E-state index contributed by atoms with van der Waals surface area (Å²) in [4.78, 5) is 11.3. The van der Waals surface area contributed by atoms with Gasteiger partial charge in [0.2, 0.25) is 5.95 Å². The molecule has 112 valence electrons. The molecule has 0 aliphatic carbocycles. The molecule has 1 saturated heterocycles. The zero-order valence-electron chi connectivity index (χ0n) is 11.7. The molecule has 1 fully saturated rings. The molecule has 0 unspecified atom stereocenters. The summed E-state index contributed by atoms with van der Waals surface area (Å²) < 4.78 is 2.93. The number of hydrogen-bond acceptors (Lipinski definition) is 4. The van der Waals surface area contributed by atoms with Crippen LogP contribution < -0.4 is 4.90 Å². The Morgan fingerprint density at radius 1 is 1.27 bits per heavy atom. The molecule has 3 aromatic rings. The molecule has 2 aromatic heterocycles. The van der Waals surface area contributed by atoms with E-state index in [9.17, 15) is 0 Å². The molecule has 7 heteroatoms. The smallest absolute Gasteiger partial charge is 0.225 e. The Hall–Kier alpha value is -1.66. The Kier molecular flexibility index (Phi) is 3.50. The molecular weight excluding hydrogens is 366 g/mol. The first-order chi connectivity index (χ1) is 10.7. The summed E-state index contributed by atoms with van der Waals surface area (Å²) in [6.07, 6.45) is 5.40. The number of benzene rings is 1. The van der Waals surface area contributed by atoms with Crippen molar-refractivity contribution in [2.24, 2.45) is 5.92 Å². The van der Waals surface area contributed by atoms with Crippen LogP contribution >= 0.6 is 27.5 Å². The number of nitrogens with zero attached hydrogens (tertiary/aromatic N) is 5. The van der Waals surface area contributed by atoms with Gasteiger partial charge in [0.05, 0.1) is 16.7 Å². The van der Waals surface area contributed by atoms with E-state index in [1.54, 1.807) is 6.20 Å². The minimum atomic E-state index is 0.556. The number of rotatable bonds is 3. The number of anilines is 1. The minimum absolute atomic E-state index is 0.556. The molecule has 0 atom stereocenters. The molecule has 4 rings (SSSR count). The number of hydrogen-bond donors (Lipinski definition) is 0. The van der Waals surface area contributed by atoms with Crippen LogP contribution in [-0.2, 0) is 6.54 Å². The van der Waals surface area contributed by atoms with Gasteiger partial charge in [0.1, 0.15) is 0 Å². The largest absolute Gasteiger partial charge is 0.340 e. The maximum atomic E-state index is 5.88. The normalized spacial score (nSPS) is 15.3. The summed E-state index contributed by atoms with van der Waals surface area (Å²) in [7, 11) is 0. The van der Waals surface area contributed by atoms with E-state index < -0.39 is 0 Å². The SMILES string of the molecule is Clc1cnn(CC2CN(c3ncc4cc(Br)ccc4n3)C2)c1. The van der Waals surface area contributed by atoms with Crippen LogP contribution in [0.4, 0.5) is 5.95 Å². The number of fused-ring (bicyclic) bond motifs is 1. The van der Waals surface area contributed by atoms with Crippen LogP contribution in [0, 0.1) is 5.92 Å². The van der Waals surface area contributed by atoms with Gasteiger partial charge in [-0.3, -0.25) is 4.68 Å². The monoisotopic (exact) mass is 377 g/mol. The first-order valence-corrected chi connectivity index (χ1v) is 8.20. The molecule has 22 heavy (non-hydrogen) atoms. The van der Waals surface area contributed by atoms with Crippen molar-refractivity contribution in [2.75, 3.05) is 18.0 Å². The molecular formula is C15H13BrClN5. The van der Waals surface area contributed by atoms with Crippen LogP contribution in [0.15, 0.2) is 41.3 Å². The van der Waals surface area contributed by atoms with Gasteiger partial charge in [0.15, 0.2) is 0 Å². The third-order valence-electron chi connectivity index (χ3n) is 3.82. The van der Waals surface area contributed by atoms with E-state index in [0.29, 0.717) is 10.9 Å². The summed E-state index contributed by atoms with van der Waals surface area (Å²) in [5.41, 5.74) is 0.968. The van der Waals surface area contributed by atoms with Gasteiger partial charge in [-0.2, -0.15) is 5.10 Å². The second kappa shape index (κ2) is 5.52. The number of aromatic nitrogens is 4. The average Bonchev–Trinajstić information content (AvgIpc) is 2.87. The third-order valence-corrected chi connectivity index (χ3v) is 4.50. The fourth-order valence-corrected chi connectivity index (χ4v) is 3.23. The molecule has 0 bridgehead atoms. The highest BCUT2D eigenvalue weighted by atomic mass is 79.9. The highest BCUT2D eigenvalue weighted by Gasteiger charge is 2.29. The summed E-state index contributed by atoms with van der Waals surface area (Å²) in [6, 6.07) is 6.03. The van der Waals surface area contributed by atoms with Gasteiger partial charge >= 0.3 is 0 Å². The van der Waals surface area contributed by atoms with E-state index in [-0.39, 0.29) is 0 Å². The Balaban J connectivity index is 1.45. The maximum absolute atomic E-state index is 5.88. The first kappa shape index (κ1) is 14.0. The summed E-state index contributed by atoms with van der Waals surface area (Å²) in [6.45, 7) is 2.77. The van der Waals surface area contributed by atoms with Crippen LogP contribution in [-0.4, -0.2) is 32.8 Å². The van der Waals surface area contributed by atoms with Crippen LogP contribution in [0.25, 0.3) is 10.9 Å². The fourth-order valence-electron chi connectivity index (χ4n) is 2.70. The second-order valence-electron chi connectivity index (χ2n) is 5.52. The van der Waals surface area contributed by atoms with Gasteiger partial charge in [-0.05, 0) is 18.2 Å². The van der Waals surface area contributed by atoms with Crippen LogP contribution in [0.2, 0.25) is 5.02 Å². The van der Waals surface area contributed by atoms with E-state index in [1.165, 1.54) is 0 Å². The summed E-state index contributed by atoms with van der Waals surface area (Å²) in [5, 5.41) is 5.94. The second-order valence-corrected chi connectivity index (χ2v) is 6.88. The summed E-state index contributed by atoms with van der Waals surface area (Å²) >= 11 is 9.34. The van der Waals surface area contributed by atoms with Crippen molar-refractivity contribution in [1.29, 1.82) is 0 Å². The molecule has 0 radical (unpaired) electrons. The predicted molar refractivity (Wildman–Crippen MR) is 90.2 cm³/mol. The molecule has 0 spiro atoms. The molecule has 1 aromatic carbocycles. The Morgan fingerprint density at radius 2 is 2.14 bits per heavy atom. The fraction of sp³-hybridized carbons (Fsp3) is 0.267. The van der Waals surface area contributed by atoms with Crippen molar-refractivity contribution in [3.63, 3.8) is 0 Å². The van der Waals surface area contributed by atoms with E-state index >= 15 is 0 Å². The van der Waals surface area contributed by atoms with Crippen molar-refractivity contribution in [3.05, 3.63) is 46.3 Å². The molecule has 0 saturated carbocycles. The molecule has 1 aliphatic rings. The third kappa shape index (κ3) is 2.68. The molecule has 1 aliphatic heterocycles. The lowest BCUT2D eigenvalue weighted by Crippen LogP contribution is -2.49. The van der Waals surface area contributed by atoms with E-state index in [2.05, 4.69) is 35.9 Å². The molecule has 0 amide bonds. The average molecular weight is 379 g/mol. The van der Waals surface area contributed by atoms with E-state index in [4.69, 9.17) is 11.6 Å². The lowest BCUT2D eigenvalue weighted by atomic mass is 10.0. The zero-order chi connectivity index (χ0) is 15.1. The van der Waals surface area contributed by atoms with Gasteiger partial charge in [-0.25, -0.2) is 9.97 Å². The van der Waals surface area contributed by atoms with E-state index in [1.807, 2.05) is 35.3 Å².